The van der Waals surface area contributed by atoms with Crippen molar-refractivity contribution in [3.8, 4) is 11.5 Å². The molecule has 0 saturated heterocycles. The van der Waals surface area contributed by atoms with Crippen molar-refractivity contribution in [3.63, 3.8) is 0 Å². The first-order valence-corrected chi connectivity index (χ1v) is 7.70. The highest BCUT2D eigenvalue weighted by molar-refractivity contribution is 6.04. The molecule has 0 aliphatic rings. The Morgan fingerprint density at radius 3 is 2.64 bits per heavy atom. The minimum absolute atomic E-state index is 0.367. The van der Waals surface area contributed by atoms with Gasteiger partial charge in [0.05, 0.1) is 25.6 Å². The van der Waals surface area contributed by atoms with Crippen LogP contribution >= 0.6 is 0 Å². The number of amides is 1. The number of hydrogen-bond donors (Lipinski definition) is 2. The minimum atomic E-state index is -1.22. The van der Waals surface area contributed by atoms with Crippen molar-refractivity contribution >= 4 is 17.6 Å². The molecule has 0 aliphatic carbocycles. The number of ether oxygens (including phenoxy) is 2. The number of rotatable bonds is 7. The van der Waals surface area contributed by atoms with Crippen LogP contribution in [0.2, 0.25) is 0 Å². The number of nitrogens with one attached hydrogen (secondary N) is 1. The third-order valence-corrected chi connectivity index (χ3v) is 3.66. The van der Waals surface area contributed by atoms with Gasteiger partial charge in [-0.05, 0) is 39.0 Å². The van der Waals surface area contributed by atoms with Crippen LogP contribution in [0.25, 0.3) is 0 Å². The molecule has 2 aromatic rings. The third kappa shape index (κ3) is 3.90. The lowest BCUT2D eigenvalue weighted by atomic mass is 10.1. The zero-order chi connectivity index (χ0) is 18.6. The van der Waals surface area contributed by atoms with E-state index in [1.807, 2.05) is 6.92 Å². The molecular weight excluding hydrogens is 326 g/mol. The number of carbonyl (C=O) groups is 2. The average molecular weight is 347 g/mol. The summed E-state index contributed by atoms with van der Waals surface area (Å²) >= 11 is 0. The molecule has 0 bridgehead atoms. The van der Waals surface area contributed by atoms with Crippen molar-refractivity contribution < 1.29 is 24.2 Å². The summed E-state index contributed by atoms with van der Waals surface area (Å²) in [7, 11) is 1.50. The maximum absolute atomic E-state index is 12.4. The molecular formula is C17H21N3O5. The van der Waals surface area contributed by atoms with Gasteiger partial charge in [-0.25, -0.2) is 4.79 Å². The van der Waals surface area contributed by atoms with E-state index in [0.717, 1.165) is 0 Å². The van der Waals surface area contributed by atoms with Gasteiger partial charge in [-0.2, -0.15) is 5.10 Å². The molecule has 25 heavy (non-hydrogen) atoms. The van der Waals surface area contributed by atoms with E-state index in [1.165, 1.54) is 38.0 Å². The largest absolute Gasteiger partial charge is 0.493 e. The molecule has 0 saturated carbocycles. The van der Waals surface area contributed by atoms with E-state index < -0.39 is 11.5 Å². The monoisotopic (exact) mass is 347 g/mol. The molecule has 1 amide bonds. The number of aliphatic carboxylic acids is 1. The third-order valence-electron chi connectivity index (χ3n) is 3.66. The van der Waals surface area contributed by atoms with Crippen LogP contribution in [-0.2, 0) is 10.3 Å². The predicted molar refractivity (Wildman–Crippen MR) is 91.3 cm³/mol. The summed E-state index contributed by atoms with van der Waals surface area (Å²) in [5.41, 5.74) is -0.441. The van der Waals surface area contributed by atoms with Crippen molar-refractivity contribution in [1.29, 1.82) is 0 Å². The van der Waals surface area contributed by atoms with Gasteiger partial charge in [0.2, 0.25) is 0 Å². The number of nitrogens with zero attached hydrogens (tertiary/aromatic N) is 2. The summed E-state index contributed by atoms with van der Waals surface area (Å²) in [5, 5.41) is 15.9. The molecule has 8 nitrogen and oxygen atoms in total. The molecule has 0 aliphatic heterocycles. The quantitative estimate of drug-likeness (QED) is 0.797. The Morgan fingerprint density at radius 2 is 2.04 bits per heavy atom. The molecule has 0 radical (unpaired) electrons. The summed E-state index contributed by atoms with van der Waals surface area (Å²) in [6, 6.07) is 4.86. The van der Waals surface area contributed by atoms with Crippen molar-refractivity contribution in [2.45, 2.75) is 26.3 Å². The van der Waals surface area contributed by atoms with Crippen LogP contribution in [-0.4, -0.2) is 40.5 Å². The number of carboxylic acids is 1. The van der Waals surface area contributed by atoms with Crippen LogP contribution in [0.3, 0.4) is 0 Å². The normalized spacial score (nSPS) is 11.0. The Bertz CT molecular complexity index is 782. The van der Waals surface area contributed by atoms with Gasteiger partial charge in [0.1, 0.15) is 0 Å². The van der Waals surface area contributed by atoms with E-state index in [2.05, 4.69) is 10.4 Å². The second kappa shape index (κ2) is 7.25. The molecule has 0 unspecified atom stereocenters. The van der Waals surface area contributed by atoms with E-state index in [1.54, 1.807) is 18.2 Å². The Labute approximate surface area is 145 Å². The fourth-order valence-corrected chi connectivity index (χ4v) is 2.08. The predicted octanol–water partition coefficient (Wildman–Crippen LogP) is 2.36. The molecule has 0 spiro atoms. The molecule has 0 atom stereocenters. The lowest BCUT2D eigenvalue weighted by Crippen LogP contribution is -2.35. The van der Waals surface area contributed by atoms with Gasteiger partial charge >= 0.3 is 5.97 Å². The second-order valence-electron chi connectivity index (χ2n) is 5.79. The van der Waals surface area contributed by atoms with Crippen molar-refractivity contribution in [2.75, 3.05) is 19.0 Å². The van der Waals surface area contributed by atoms with Crippen LogP contribution in [0.1, 0.15) is 31.1 Å². The highest BCUT2D eigenvalue weighted by atomic mass is 16.5. The maximum Gasteiger partial charge on any atom is 0.331 e. The first kappa shape index (κ1) is 18.3. The highest BCUT2D eigenvalue weighted by Crippen LogP contribution is 2.28. The van der Waals surface area contributed by atoms with Crippen molar-refractivity contribution in [3.05, 3.63) is 36.2 Å². The van der Waals surface area contributed by atoms with Gasteiger partial charge < -0.3 is 19.9 Å². The number of carbonyl (C=O) groups excluding carboxylic acids is 1. The van der Waals surface area contributed by atoms with E-state index >= 15 is 0 Å². The zero-order valence-corrected chi connectivity index (χ0v) is 14.6. The van der Waals surface area contributed by atoms with Gasteiger partial charge in [-0.3, -0.25) is 9.48 Å². The number of benzene rings is 1. The van der Waals surface area contributed by atoms with Crippen LogP contribution in [0.5, 0.6) is 11.5 Å². The van der Waals surface area contributed by atoms with Crippen LogP contribution in [0.4, 0.5) is 5.69 Å². The number of anilines is 1. The number of hydrogen-bond acceptors (Lipinski definition) is 5. The fourth-order valence-electron chi connectivity index (χ4n) is 2.08. The van der Waals surface area contributed by atoms with Gasteiger partial charge in [0.15, 0.2) is 17.0 Å². The van der Waals surface area contributed by atoms with Crippen molar-refractivity contribution in [2.24, 2.45) is 0 Å². The Hall–Kier alpha value is -3.03. The molecule has 8 heteroatoms. The summed E-state index contributed by atoms with van der Waals surface area (Å²) in [6.07, 6.45) is 2.87. The molecule has 1 aromatic carbocycles. The standard InChI is InChI=1S/C17H21N3O5/c1-5-25-13-7-6-11(8-14(13)24-4)15(21)19-12-9-18-20(10-12)17(2,3)16(22)23/h6-10H,5H2,1-4H3,(H,19,21)(H,22,23). The summed E-state index contributed by atoms with van der Waals surface area (Å²) < 4.78 is 11.9. The first-order valence-electron chi connectivity index (χ1n) is 7.70. The molecule has 0 fully saturated rings. The zero-order valence-electron chi connectivity index (χ0n) is 14.6. The van der Waals surface area contributed by atoms with E-state index in [9.17, 15) is 14.7 Å². The van der Waals surface area contributed by atoms with Crippen LogP contribution in [0.15, 0.2) is 30.6 Å². The smallest absolute Gasteiger partial charge is 0.331 e. The van der Waals surface area contributed by atoms with Gasteiger partial charge in [-0.15, -0.1) is 0 Å². The van der Waals surface area contributed by atoms with E-state index in [4.69, 9.17) is 9.47 Å². The topological polar surface area (TPSA) is 103 Å². The van der Waals surface area contributed by atoms with Crippen LogP contribution < -0.4 is 14.8 Å². The highest BCUT2D eigenvalue weighted by Gasteiger charge is 2.30. The lowest BCUT2D eigenvalue weighted by Gasteiger charge is -2.19. The molecule has 2 rings (SSSR count). The van der Waals surface area contributed by atoms with Gasteiger partial charge in [0, 0.05) is 11.8 Å². The van der Waals surface area contributed by atoms with Crippen molar-refractivity contribution in [1.82, 2.24) is 9.78 Å². The van der Waals surface area contributed by atoms with Gasteiger partial charge in [0.25, 0.3) is 5.91 Å². The number of carboxylic acid groups (broad SMARTS) is 1. The second-order valence-corrected chi connectivity index (χ2v) is 5.79. The number of aromatic nitrogens is 2. The summed E-state index contributed by atoms with van der Waals surface area (Å²) in [4.78, 5) is 23.6. The fraction of sp³-hybridized carbons (Fsp3) is 0.353. The summed E-state index contributed by atoms with van der Waals surface area (Å²) in [6.45, 7) is 5.38. The summed E-state index contributed by atoms with van der Waals surface area (Å²) in [5.74, 6) is -0.381. The lowest BCUT2D eigenvalue weighted by molar-refractivity contribution is -0.146. The Morgan fingerprint density at radius 1 is 1.32 bits per heavy atom. The van der Waals surface area contributed by atoms with Gasteiger partial charge in [-0.1, -0.05) is 0 Å². The minimum Gasteiger partial charge on any atom is -0.493 e. The van der Waals surface area contributed by atoms with Crippen LogP contribution in [0, 0.1) is 0 Å². The van der Waals surface area contributed by atoms with E-state index in [-0.39, 0.29) is 5.91 Å². The Kier molecular flexibility index (Phi) is 5.31. The van der Waals surface area contributed by atoms with E-state index in [0.29, 0.717) is 29.4 Å². The maximum atomic E-state index is 12.4. The Balaban J connectivity index is 2.18. The first-order chi connectivity index (χ1) is 11.8. The molecule has 1 heterocycles. The molecule has 1 aromatic heterocycles. The molecule has 134 valence electrons. The SMILES string of the molecule is CCOc1ccc(C(=O)Nc2cnn(C(C)(C)C(=O)O)c2)cc1OC. The average Bonchev–Trinajstić information content (AvgIpc) is 3.04. The number of methoxy groups -OCH3 is 1. The molecule has 2 N–H and O–H groups in total.